The van der Waals surface area contributed by atoms with Crippen LogP contribution in [0, 0.1) is 11.3 Å². The highest BCUT2D eigenvalue weighted by atomic mass is 28.3. The Hall–Kier alpha value is -1.14. The minimum Gasteiger partial charge on any atom is -0.468 e. The molecule has 0 aromatic rings. The van der Waals surface area contributed by atoms with Crippen LogP contribution in [-0.2, 0) is 19.1 Å². The van der Waals surface area contributed by atoms with Crippen molar-refractivity contribution in [1.29, 1.82) is 0 Å². The quantitative estimate of drug-likeness (QED) is 0.487. The van der Waals surface area contributed by atoms with Crippen LogP contribution in [0.2, 0.25) is 19.6 Å². The zero-order chi connectivity index (χ0) is 17.3. The first-order valence-electron chi connectivity index (χ1n) is 7.51. The number of aliphatic hydroxyl groups is 1. The summed E-state index contributed by atoms with van der Waals surface area (Å²) < 4.78 is 9.72. The molecular weight excluding hydrogens is 300 g/mol. The lowest BCUT2D eigenvalue weighted by Crippen LogP contribution is -2.54. The van der Waals surface area contributed by atoms with E-state index in [1.165, 1.54) is 14.2 Å². The Morgan fingerprint density at radius 3 is 1.95 bits per heavy atom. The topological polar surface area (TPSA) is 72.8 Å². The average molecular weight is 328 g/mol. The van der Waals surface area contributed by atoms with Crippen LogP contribution in [0.1, 0.15) is 26.2 Å². The fourth-order valence-electron chi connectivity index (χ4n) is 3.18. The minimum absolute atomic E-state index is 0.183. The number of hydrogen-bond donors (Lipinski definition) is 1. The summed E-state index contributed by atoms with van der Waals surface area (Å²) in [7, 11) is 0.784. The normalized spacial score (nSPS) is 27.9. The molecule has 22 heavy (non-hydrogen) atoms. The van der Waals surface area contributed by atoms with Gasteiger partial charge in [0, 0.05) is 5.92 Å². The van der Waals surface area contributed by atoms with Crippen LogP contribution in [-0.4, -0.2) is 44.9 Å². The van der Waals surface area contributed by atoms with E-state index in [4.69, 9.17) is 9.47 Å². The molecule has 1 aliphatic carbocycles. The standard InChI is InChI=1S/C16H28O5Si/c1-11(22(5,6)7)12-10-16(13(17)20-3,14(18)21-4)9-8-15(12,2)19/h12,19H,1,8-10H2,2-7H3/t12-,15-/m0/s1. The maximum absolute atomic E-state index is 12.3. The second kappa shape index (κ2) is 6.16. The van der Waals surface area contributed by atoms with Gasteiger partial charge >= 0.3 is 11.9 Å². The Morgan fingerprint density at radius 2 is 1.59 bits per heavy atom. The van der Waals surface area contributed by atoms with Gasteiger partial charge in [0.25, 0.3) is 0 Å². The molecule has 0 aliphatic heterocycles. The maximum Gasteiger partial charge on any atom is 0.323 e. The van der Waals surface area contributed by atoms with Crippen LogP contribution < -0.4 is 0 Å². The van der Waals surface area contributed by atoms with Crippen LogP contribution in [0.5, 0.6) is 0 Å². The Morgan fingerprint density at radius 1 is 1.14 bits per heavy atom. The third-order valence-corrected chi connectivity index (χ3v) is 7.17. The summed E-state index contributed by atoms with van der Waals surface area (Å²) in [5.74, 6) is -1.52. The van der Waals surface area contributed by atoms with Crippen molar-refractivity contribution in [2.75, 3.05) is 14.2 Å². The smallest absolute Gasteiger partial charge is 0.323 e. The van der Waals surface area contributed by atoms with E-state index in [1.54, 1.807) is 6.92 Å². The van der Waals surface area contributed by atoms with Crippen LogP contribution in [0.15, 0.2) is 11.8 Å². The van der Waals surface area contributed by atoms with Gasteiger partial charge in [-0.2, -0.15) is 0 Å². The molecule has 0 heterocycles. The summed E-state index contributed by atoms with van der Waals surface area (Å²) in [6.07, 6.45) is 0.725. The molecule has 6 heteroatoms. The van der Waals surface area contributed by atoms with Crippen molar-refractivity contribution >= 4 is 20.0 Å². The molecule has 1 N–H and O–H groups in total. The third kappa shape index (κ3) is 3.27. The van der Waals surface area contributed by atoms with Crippen molar-refractivity contribution in [3.8, 4) is 0 Å². The molecule has 2 atom stereocenters. The summed E-state index contributed by atoms with van der Waals surface area (Å²) in [5, 5.41) is 11.7. The van der Waals surface area contributed by atoms with Crippen LogP contribution in [0.3, 0.4) is 0 Å². The van der Waals surface area contributed by atoms with Gasteiger partial charge in [-0.1, -0.05) is 24.8 Å². The number of hydrogen-bond acceptors (Lipinski definition) is 5. The monoisotopic (exact) mass is 328 g/mol. The number of carbonyl (C=O) groups excluding carboxylic acids is 2. The molecular formula is C16H28O5Si. The van der Waals surface area contributed by atoms with Gasteiger partial charge in [0.2, 0.25) is 0 Å². The minimum atomic E-state index is -1.75. The molecule has 1 fully saturated rings. The van der Waals surface area contributed by atoms with Gasteiger partial charge in [0.05, 0.1) is 27.9 Å². The molecule has 1 saturated carbocycles. The SMILES string of the molecule is C=C([C@@H]1CC(C(=O)OC)(C(=O)OC)CC[C@]1(C)O)[Si](C)(C)C. The number of rotatable bonds is 4. The van der Waals surface area contributed by atoms with Crippen molar-refractivity contribution in [3.63, 3.8) is 0 Å². The highest BCUT2D eigenvalue weighted by molar-refractivity contribution is 6.83. The van der Waals surface area contributed by atoms with Crippen LogP contribution in [0.25, 0.3) is 0 Å². The van der Waals surface area contributed by atoms with Crippen molar-refractivity contribution < 1.29 is 24.2 Å². The molecule has 0 spiro atoms. The first-order chi connectivity index (χ1) is 9.92. The Kier molecular flexibility index (Phi) is 5.29. The molecule has 126 valence electrons. The van der Waals surface area contributed by atoms with E-state index in [9.17, 15) is 14.7 Å². The van der Waals surface area contributed by atoms with Crippen LogP contribution >= 0.6 is 0 Å². The van der Waals surface area contributed by atoms with E-state index in [0.717, 1.165) is 5.20 Å². The molecule has 0 radical (unpaired) electrons. The summed E-state index contributed by atoms with van der Waals surface area (Å²) >= 11 is 0. The predicted molar refractivity (Wildman–Crippen MR) is 86.9 cm³/mol. The Labute approximate surface area is 133 Å². The van der Waals surface area contributed by atoms with Gasteiger partial charge in [-0.3, -0.25) is 9.59 Å². The molecule has 0 unspecified atom stereocenters. The number of esters is 2. The zero-order valence-corrected chi connectivity index (χ0v) is 15.5. The number of ether oxygens (including phenoxy) is 2. The molecule has 1 aliphatic rings. The van der Waals surface area contributed by atoms with E-state index < -0.39 is 31.0 Å². The second-order valence-electron chi connectivity index (χ2n) is 7.45. The lowest BCUT2D eigenvalue weighted by atomic mass is 9.63. The van der Waals surface area contributed by atoms with E-state index in [2.05, 4.69) is 26.2 Å². The molecule has 5 nitrogen and oxygen atoms in total. The van der Waals surface area contributed by atoms with Gasteiger partial charge < -0.3 is 14.6 Å². The Bertz CT molecular complexity index is 459. The summed E-state index contributed by atoms with van der Waals surface area (Å²) in [6.45, 7) is 12.3. The Balaban J connectivity index is 3.29. The summed E-state index contributed by atoms with van der Waals surface area (Å²) in [4.78, 5) is 24.6. The third-order valence-electron chi connectivity index (χ3n) is 4.90. The van der Waals surface area contributed by atoms with E-state index >= 15 is 0 Å². The van der Waals surface area contributed by atoms with E-state index in [1.807, 2.05) is 0 Å². The van der Waals surface area contributed by atoms with Gasteiger partial charge in [0.15, 0.2) is 5.41 Å². The van der Waals surface area contributed by atoms with Gasteiger partial charge in [-0.25, -0.2) is 0 Å². The first-order valence-corrected chi connectivity index (χ1v) is 11.0. The summed E-state index contributed by atoms with van der Waals surface area (Å²) in [6, 6.07) is 0. The van der Waals surface area contributed by atoms with Gasteiger partial charge in [-0.15, -0.1) is 6.58 Å². The van der Waals surface area contributed by atoms with Crippen molar-refractivity contribution in [1.82, 2.24) is 0 Å². The van der Waals surface area contributed by atoms with Gasteiger partial charge in [0.1, 0.15) is 0 Å². The zero-order valence-electron chi connectivity index (χ0n) is 14.5. The molecule has 1 rings (SSSR count). The fraction of sp³-hybridized carbons (Fsp3) is 0.750. The summed E-state index contributed by atoms with van der Waals surface area (Å²) in [5.41, 5.74) is -2.33. The second-order valence-corrected chi connectivity index (χ2v) is 12.6. The highest BCUT2D eigenvalue weighted by Crippen LogP contribution is 2.49. The molecule has 0 bridgehead atoms. The fourth-order valence-corrected chi connectivity index (χ4v) is 4.64. The lowest BCUT2D eigenvalue weighted by molar-refractivity contribution is -0.178. The van der Waals surface area contributed by atoms with E-state index in [0.29, 0.717) is 6.42 Å². The first kappa shape index (κ1) is 18.9. The average Bonchev–Trinajstić information content (AvgIpc) is 2.44. The van der Waals surface area contributed by atoms with Gasteiger partial charge in [-0.05, 0) is 26.2 Å². The van der Waals surface area contributed by atoms with E-state index in [-0.39, 0.29) is 18.8 Å². The number of carbonyl (C=O) groups is 2. The lowest BCUT2D eigenvalue weighted by Gasteiger charge is -2.47. The van der Waals surface area contributed by atoms with Crippen molar-refractivity contribution in [2.45, 2.75) is 51.4 Å². The molecule has 0 aromatic carbocycles. The molecule has 0 saturated heterocycles. The van der Waals surface area contributed by atoms with Crippen molar-refractivity contribution in [2.24, 2.45) is 11.3 Å². The largest absolute Gasteiger partial charge is 0.468 e. The number of methoxy groups -OCH3 is 2. The van der Waals surface area contributed by atoms with Crippen LogP contribution in [0.4, 0.5) is 0 Å². The predicted octanol–water partition coefficient (Wildman–Crippen LogP) is 2.30. The molecule has 0 aromatic heterocycles. The maximum atomic E-state index is 12.3. The van der Waals surface area contributed by atoms with Crippen molar-refractivity contribution in [3.05, 3.63) is 11.8 Å². The highest BCUT2D eigenvalue weighted by Gasteiger charge is 2.57. The molecule has 0 amide bonds.